The van der Waals surface area contributed by atoms with E-state index in [0.717, 1.165) is 42.9 Å². The number of aliphatic hydroxyl groups is 1. The lowest BCUT2D eigenvalue weighted by atomic mass is 9.75. The Morgan fingerprint density at radius 2 is 2.05 bits per heavy atom. The normalized spacial score (nSPS) is 27.5. The summed E-state index contributed by atoms with van der Waals surface area (Å²) in [7, 11) is 0. The first kappa shape index (κ1) is 14.3. The second-order valence-corrected chi connectivity index (χ2v) is 5.96. The van der Waals surface area contributed by atoms with Crippen molar-refractivity contribution in [1.82, 2.24) is 4.98 Å². The lowest BCUT2D eigenvalue weighted by Crippen LogP contribution is -2.31. The highest BCUT2D eigenvalue weighted by Crippen LogP contribution is 2.40. The van der Waals surface area contributed by atoms with Crippen molar-refractivity contribution in [2.45, 2.75) is 64.6 Å². The molecule has 1 aliphatic rings. The van der Waals surface area contributed by atoms with Gasteiger partial charge in [-0.3, -0.25) is 4.98 Å². The van der Waals surface area contributed by atoms with Crippen LogP contribution in [0.15, 0.2) is 18.5 Å². The molecule has 0 unspecified atom stereocenters. The van der Waals surface area contributed by atoms with E-state index in [0.29, 0.717) is 0 Å². The highest BCUT2D eigenvalue weighted by molar-refractivity contribution is 5.28. The van der Waals surface area contributed by atoms with Gasteiger partial charge >= 0.3 is 0 Å². The van der Waals surface area contributed by atoms with Gasteiger partial charge in [0.1, 0.15) is 5.75 Å². The van der Waals surface area contributed by atoms with E-state index in [1.54, 1.807) is 12.4 Å². The SMILES string of the molecule is CCC1CCC(O)(c2cncc(OC(C)C)c2)CC1. The number of hydrogen-bond acceptors (Lipinski definition) is 3. The van der Waals surface area contributed by atoms with E-state index < -0.39 is 5.60 Å². The summed E-state index contributed by atoms with van der Waals surface area (Å²) in [6, 6.07) is 1.94. The van der Waals surface area contributed by atoms with Crippen molar-refractivity contribution >= 4 is 0 Å². The molecule has 106 valence electrons. The highest BCUT2D eigenvalue weighted by atomic mass is 16.5. The van der Waals surface area contributed by atoms with E-state index in [9.17, 15) is 5.11 Å². The van der Waals surface area contributed by atoms with Gasteiger partial charge in [0.05, 0.1) is 17.9 Å². The molecule has 0 amide bonds. The van der Waals surface area contributed by atoms with Crippen LogP contribution in [0.1, 0.15) is 58.4 Å². The number of pyridine rings is 1. The Balaban J connectivity index is 2.12. The van der Waals surface area contributed by atoms with Gasteiger partial charge in [0.2, 0.25) is 0 Å². The molecule has 0 saturated heterocycles. The number of rotatable bonds is 4. The fourth-order valence-corrected chi connectivity index (χ4v) is 2.86. The van der Waals surface area contributed by atoms with Crippen molar-refractivity contribution in [1.29, 1.82) is 0 Å². The van der Waals surface area contributed by atoms with E-state index in [1.807, 2.05) is 19.9 Å². The summed E-state index contributed by atoms with van der Waals surface area (Å²) in [6.07, 6.45) is 8.69. The van der Waals surface area contributed by atoms with Crippen LogP contribution in [0.25, 0.3) is 0 Å². The summed E-state index contributed by atoms with van der Waals surface area (Å²) >= 11 is 0. The Morgan fingerprint density at radius 1 is 1.37 bits per heavy atom. The first-order valence-corrected chi connectivity index (χ1v) is 7.38. The van der Waals surface area contributed by atoms with Crippen molar-refractivity contribution < 1.29 is 9.84 Å². The van der Waals surface area contributed by atoms with E-state index >= 15 is 0 Å². The van der Waals surface area contributed by atoms with E-state index in [4.69, 9.17) is 4.74 Å². The highest BCUT2D eigenvalue weighted by Gasteiger charge is 2.34. The van der Waals surface area contributed by atoms with Gasteiger partial charge in [0, 0.05) is 11.8 Å². The fraction of sp³-hybridized carbons (Fsp3) is 0.688. The van der Waals surface area contributed by atoms with Crippen LogP contribution in [0.3, 0.4) is 0 Å². The van der Waals surface area contributed by atoms with E-state index in [1.165, 1.54) is 6.42 Å². The predicted octanol–water partition coefficient (Wildman–Crippen LogP) is 3.66. The smallest absolute Gasteiger partial charge is 0.138 e. The third-order valence-electron chi connectivity index (χ3n) is 4.13. The molecule has 1 aliphatic carbocycles. The maximum Gasteiger partial charge on any atom is 0.138 e. The minimum Gasteiger partial charge on any atom is -0.489 e. The first-order chi connectivity index (χ1) is 9.03. The number of ether oxygens (including phenoxy) is 1. The van der Waals surface area contributed by atoms with Gasteiger partial charge in [-0.2, -0.15) is 0 Å². The third kappa shape index (κ3) is 3.47. The monoisotopic (exact) mass is 263 g/mol. The topological polar surface area (TPSA) is 42.4 Å². The fourth-order valence-electron chi connectivity index (χ4n) is 2.86. The Kier molecular flexibility index (Phi) is 4.46. The van der Waals surface area contributed by atoms with Crippen molar-refractivity contribution in [2.24, 2.45) is 5.92 Å². The zero-order valence-electron chi connectivity index (χ0n) is 12.2. The molecule has 1 aromatic heterocycles. The number of aromatic nitrogens is 1. The zero-order chi connectivity index (χ0) is 13.9. The molecule has 0 aromatic carbocycles. The Morgan fingerprint density at radius 3 is 2.63 bits per heavy atom. The Hall–Kier alpha value is -1.09. The molecule has 1 N–H and O–H groups in total. The average molecular weight is 263 g/mol. The molecule has 19 heavy (non-hydrogen) atoms. The zero-order valence-corrected chi connectivity index (χ0v) is 12.2. The van der Waals surface area contributed by atoms with Crippen molar-refractivity contribution in [3.8, 4) is 5.75 Å². The molecule has 3 heteroatoms. The third-order valence-corrected chi connectivity index (χ3v) is 4.13. The van der Waals surface area contributed by atoms with Gasteiger partial charge in [0.25, 0.3) is 0 Å². The quantitative estimate of drug-likeness (QED) is 0.901. The van der Waals surface area contributed by atoms with Gasteiger partial charge in [-0.05, 0) is 51.5 Å². The Labute approximate surface area is 116 Å². The summed E-state index contributed by atoms with van der Waals surface area (Å²) < 4.78 is 5.66. The Bertz CT molecular complexity index is 409. The number of hydrogen-bond donors (Lipinski definition) is 1. The lowest BCUT2D eigenvalue weighted by molar-refractivity contribution is -0.0151. The van der Waals surface area contributed by atoms with Crippen LogP contribution in [0.2, 0.25) is 0 Å². The predicted molar refractivity (Wildman–Crippen MR) is 76.1 cm³/mol. The van der Waals surface area contributed by atoms with Crippen LogP contribution in [0.4, 0.5) is 0 Å². The van der Waals surface area contributed by atoms with Crippen LogP contribution < -0.4 is 4.74 Å². The van der Waals surface area contributed by atoms with Gasteiger partial charge in [0.15, 0.2) is 0 Å². The molecule has 0 bridgehead atoms. The van der Waals surface area contributed by atoms with Gasteiger partial charge in [-0.15, -0.1) is 0 Å². The molecule has 1 heterocycles. The number of nitrogens with zero attached hydrogens (tertiary/aromatic N) is 1. The van der Waals surface area contributed by atoms with Crippen LogP contribution in [0.5, 0.6) is 5.75 Å². The van der Waals surface area contributed by atoms with Crippen LogP contribution in [0, 0.1) is 5.92 Å². The summed E-state index contributed by atoms with van der Waals surface area (Å²) in [6.45, 7) is 6.22. The van der Waals surface area contributed by atoms with Crippen LogP contribution in [-0.2, 0) is 5.60 Å². The maximum atomic E-state index is 10.8. The van der Waals surface area contributed by atoms with Crippen LogP contribution in [-0.4, -0.2) is 16.2 Å². The molecule has 0 atom stereocenters. The molecular weight excluding hydrogens is 238 g/mol. The molecule has 0 radical (unpaired) electrons. The van der Waals surface area contributed by atoms with Gasteiger partial charge < -0.3 is 9.84 Å². The largest absolute Gasteiger partial charge is 0.489 e. The van der Waals surface area contributed by atoms with Gasteiger partial charge in [-0.25, -0.2) is 0 Å². The van der Waals surface area contributed by atoms with E-state index in [2.05, 4.69) is 11.9 Å². The van der Waals surface area contributed by atoms with Crippen molar-refractivity contribution in [3.05, 3.63) is 24.0 Å². The minimum absolute atomic E-state index is 0.127. The molecule has 1 aromatic rings. The summed E-state index contributed by atoms with van der Waals surface area (Å²) in [5.74, 6) is 1.52. The maximum absolute atomic E-state index is 10.8. The van der Waals surface area contributed by atoms with Gasteiger partial charge in [-0.1, -0.05) is 13.3 Å². The second kappa shape index (κ2) is 5.91. The molecule has 1 fully saturated rings. The van der Waals surface area contributed by atoms with Crippen molar-refractivity contribution in [3.63, 3.8) is 0 Å². The van der Waals surface area contributed by atoms with Crippen LogP contribution >= 0.6 is 0 Å². The summed E-state index contributed by atoms with van der Waals surface area (Å²) in [4.78, 5) is 4.21. The second-order valence-electron chi connectivity index (χ2n) is 5.96. The minimum atomic E-state index is -0.713. The molecule has 1 saturated carbocycles. The summed E-state index contributed by atoms with van der Waals surface area (Å²) in [5, 5.41) is 10.8. The standard InChI is InChI=1S/C16H25NO2/c1-4-13-5-7-16(18,8-6-13)14-9-15(11-17-10-14)19-12(2)3/h9-13,18H,4-8H2,1-3H3. The first-order valence-electron chi connectivity index (χ1n) is 7.38. The average Bonchev–Trinajstić information content (AvgIpc) is 2.39. The van der Waals surface area contributed by atoms with E-state index in [-0.39, 0.29) is 6.10 Å². The molecule has 3 nitrogen and oxygen atoms in total. The molecule has 0 aliphatic heterocycles. The van der Waals surface area contributed by atoms with Crippen molar-refractivity contribution in [2.75, 3.05) is 0 Å². The molecule has 0 spiro atoms. The molecule has 2 rings (SSSR count). The molecular formula is C16H25NO2. The summed E-state index contributed by atoms with van der Waals surface area (Å²) in [5.41, 5.74) is 0.190. The lowest BCUT2D eigenvalue weighted by Gasteiger charge is -2.36.